The monoisotopic (exact) mass is 366 g/mol. The van der Waals surface area contributed by atoms with Crippen LogP contribution >= 0.6 is 0 Å². The van der Waals surface area contributed by atoms with Crippen molar-refractivity contribution in [3.8, 4) is 17.2 Å². The Kier molecular flexibility index (Phi) is 4.42. The molecule has 7 nitrogen and oxygen atoms in total. The topological polar surface area (TPSA) is 77.1 Å². The van der Waals surface area contributed by atoms with E-state index in [-0.39, 0.29) is 24.9 Å². The number of amides is 3. The van der Waals surface area contributed by atoms with Gasteiger partial charge in [0.15, 0.2) is 11.5 Å². The molecule has 7 heteroatoms. The lowest BCUT2D eigenvalue weighted by molar-refractivity contribution is -0.123. The van der Waals surface area contributed by atoms with Crippen molar-refractivity contribution in [1.29, 1.82) is 0 Å². The number of nitrogens with zero attached hydrogens (tertiary/aromatic N) is 1. The summed E-state index contributed by atoms with van der Waals surface area (Å²) in [6.45, 7) is 2.67. The second-order valence-electron chi connectivity index (χ2n) is 6.04. The lowest BCUT2D eigenvalue weighted by Crippen LogP contribution is -2.30. The molecule has 2 heterocycles. The zero-order valence-corrected chi connectivity index (χ0v) is 14.7. The van der Waals surface area contributed by atoms with Gasteiger partial charge in [-0.15, -0.1) is 0 Å². The minimum absolute atomic E-state index is 0.140. The molecule has 2 aliphatic rings. The first-order valence-corrected chi connectivity index (χ1v) is 8.60. The Hall–Kier alpha value is -3.48. The van der Waals surface area contributed by atoms with E-state index in [4.69, 9.17) is 14.2 Å². The molecule has 4 rings (SSSR count). The summed E-state index contributed by atoms with van der Waals surface area (Å²) in [6.07, 6.45) is 1.60. The van der Waals surface area contributed by atoms with Crippen LogP contribution in [0.25, 0.3) is 6.08 Å². The van der Waals surface area contributed by atoms with Gasteiger partial charge in [-0.25, -0.2) is 4.79 Å². The molecule has 138 valence electrons. The van der Waals surface area contributed by atoms with Crippen molar-refractivity contribution in [2.45, 2.75) is 13.5 Å². The van der Waals surface area contributed by atoms with Crippen LogP contribution in [0.5, 0.6) is 17.2 Å². The van der Waals surface area contributed by atoms with Crippen molar-refractivity contribution >= 4 is 18.0 Å². The normalized spacial score (nSPS) is 16.8. The summed E-state index contributed by atoms with van der Waals surface area (Å²) in [7, 11) is 0. The number of ether oxygens (including phenoxy) is 3. The minimum atomic E-state index is -0.450. The molecule has 1 saturated heterocycles. The fraction of sp³-hybridized carbons (Fsp3) is 0.200. The van der Waals surface area contributed by atoms with Crippen molar-refractivity contribution in [3.05, 3.63) is 59.3 Å². The first-order chi connectivity index (χ1) is 13.2. The second kappa shape index (κ2) is 7.03. The van der Waals surface area contributed by atoms with Crippen LogP contribution in [0.4, 0.5) is 4.79 Å². The smallest absolute Gasteiger partial charge is 0.329 e. The van der Waals surface area contributed by atoms with Gasteiger partial charge < -0.3 is 19.5 Å². The van der Waals surface area contributed by atoms with Crippen LogP contribution in [-0.4, -0.2) is 30.2 Å². The molecule has 3 amide bonds. The Morgan fingerprint density at radius 2 is 1.89 bits per heavy atom. The highest BCUT2D eigenvalue weighted by molar-refractivity contribution is 6.14. The minimum Gasteiger partial charge on any atom is -0.493 e. The standard InChI is InChI=1S/C20H18N2O5/c1-2-25-16-10-18-17(26-12-27-18)9-14(16)8-15-19(23)22(20(24)21-15)11-13-6-4-3-5-7-13/h3-10H,2,11-12H2,1H3,(H,21,24)/b15-8-. The summed E-state index contributed by atoms with van der Waals surface area (Å²) in [5.74, 6) is 1.33. The van der Waals surface area contributed by atoms with Crippen LogP contribution in [0.2, 0.25) is 0 Å². The van der Waals surface area contributed by atoms with Gasteiger partial charge in [0.2, 0.25) is 6.79 Å². The molecule has 1 fully saturated rings. The van der Waals surface area contributed by atoms with Gasteiger partial charge in [-0.3, -0.25) is 9.69 Å². The highest BCUT2D eigenvalue weighted by Crippen LogP contribution is 2.39. The summed E-state index contributed by atoms with van der Waals surface area (Å²) in [5.41, 5.74) is 1.70. The van der Waals surface area contributed by atoms with E-state index in [2.05, 4.69) is 5.32 Å². The number of carbonyl (C=O) groups excluding carboxylic acids is 2. The Balaban J connectivity index is 1.63. The number of imide groups is 1. The highest BCUT2D eigenvalue weighted by atomic mass is 16.7. The Labute approximate surface area is 156 Å². The number of benzene rings is 2. The van der Waals surface area contributed by atoms with Crippen molar-refractivity contribution in [1.82, 2.24) is 10.2 Å². The van der Waals surface area contributed by atoms with Crippen molar-refractivity contribution in [3.63, 3.8) is 0 Å². The number of carbonyl (C=O) groups is 2. The van der Waals surface area contributed by atoms with Crippen LogP contribution < -0.4 is 19.5 Å². The van der Waals surface area contributed by atoms with E-state index < -0.39 is 6.03 Å². The van der Waals surface area contributed by atoms with E-state index in [0.29, 0.717) is 29.4 Å². The summed E-state index contributed by atoms with van der Waals surface area (Å²) in [4.78, 5) is 26.1. The van der Waals surface area contributed by atoms with E-state index in [9.17, 15) is 9.59 Å². The van der Waals surface area contributed by atoms with Gasteiger partial charge in [-0.05, 0) is 24.6 Å². The van der Waals surface area contributed by atoms with Gasteiger partial charge in [0, 0.05) is 11.6 Å². The van der Waals surface area contributed by atoms with Gasteiger partial charge in [0.05, 0.1) is 13.2 Å². The Morgan fingerprint density at radius 1 is 1.15 bits per heavy atom. The fourth-order valence-corrected chi connectivity index (χ4v) is 2.97. The molecule has 0 unspecified atom stereocenters. The average molecular weight is 366 g/mol. The molecule has 2 aromatic rings. The van der Waals surface area contributed by atoms with Crippen LogP contribution in [0.1, 0.15) is 18.1 Å². The van der Waals surface area contributed by atoms with E-state index in [1.807, 2.05) is 37.3 Å². The first-order valence-electron chi connectivity index (χ1n) is 8.60. The third-order valence-corrected chi connectivity index (χ3v) is 4.25. The van der Waals surface area contributed by atoms with Crippen LogP contribution in [0.15, 0.2) is 48.2 Å². The van der Waals surface area contributed by atoms with Gasteiger partial charge in [0.25, 0.3) is 5.91 Å². The maximum atomic E-state index is 12.7. The third kappa shape index (κ3) is 3.31. The predicted octanol–water partition coefficient (Wildman–Crippen LogP) is 2.91. The maximum Gasteiger partial charge on any atom is 0.329 e. The molecule has 0 saturated carbocycles. The molecule has 0 atom stereocenters. The molecule has 0 bridgehead atoms. The van der Waals surface area contributed by atoms with Gasteiger partial charge in [-0.2, -0.15) is 0 Å². The zero-order valence-electron chi connectivity index (χ0n) is 14.7. The van der Waals surface area contributed by atoms with Gasteiger partial charge in [0.1, 0.15) is 11.4 Å². The van der Waals surface area contributed by atoms with Crippen LogP contribution in [0.3, 0.4) is 0 Å². The summed E-state index contributed by atoms with van der Waals surface area (Å²) in [5, 5.41) is 2.63. The number of urea groups is 1. The van der Waals surface area contributed by atoms with Crippen LogP contribution in [-0.2, 0) is 11.3 Å². The number of hydrogen-bond donors (Lipinski definition) is 1. The highest BCUT2D eigenvalue weighted by Gasteiger charge is 2.33. The van der Waals surface area contributed by atoms with Crippen molar-refractivity contribution < 1.29 is 23.8 Å². The SMILES string of the molecule is CCOc1cc2c(cc1/C=C1\NC(=O)N(Cc3ccccc3)C1=O)OCO2. The van der Waals surface area contributed by atoms with E-state index in [1.165, 1.54) is 4.90 Å². The number of rotatable bonds is 5. The molecule has 0 aromatic heterocycles. The summed E-state index contributed by atoms with van der Waals surface area (Å²) >= 11 is 0. The second-order valence-corrected chi connectivity index (χ2v) is 6.04. The molecule has 0 spiro atoms. The largest absolute Gasteiger partial charge is 0.493 e. The molecule has 0 radical (unpaired) electrons. The molecule has 1 N–H and O–H groups in total. The number of fused-ring (bicyclic) bond motifs is 1. The van der Waals surface area contributed by atoms with Crippen molar-refractivity contribution in [2.75, 3.05) is 13.4 Å². The lowest BCUT2D eigenvalue weighted by atomic mass is 10.1. The van der Waals surface area contributed by atoms with Gasteiger partial charge in [-0.1, -0.05) is 30.3 Å². The third-order valence-electron chi connectivity index (χ3n) is 4.25. The lowest BCUT2D eigenvalue weighted by Gasteiger charge is -2.11. The predicted molar refractivity (Wildman–Crippen MR) is 97.2 cm³/mol. The molecular weight excluding hydrogens is 348 g/mol. The molecule has 27 heavy (non-hydrogen) atoms. The van der Waals surface area contributed by atoms with E-state index >= 15 is 0 Å². The number of nitrogens with one attached hydrogen (secondary N) is 1. The fourth-order valence-electron chi connectivity index (χ4n) is 2.97. The Bertz CT molecular complexity index is 923. The summed E-state index contributed by atoms with van der Waals surface area (Å²) < 4.78 is 16.4. The zero-order chi connectivity index (χ0) is 18.8. The van der Waals surface area contributed by atoms with Crippen molar-refractivity contribution in [2.24, 2.45) is 0 Å². The van der Waals surface area contributed by atoms with Gasteiger partial charge >= 0.3 is 6.03 Å². The number of hydrogen-bond acceptors (Lipinski definition) is 5. The Morgan fingerprint density at radius 3 is 2.63 bits per heavy atom. The molecule has 2 aromatic carbocycles. The van der Waals surface area contributed by atoms with E-state index in [1.54, 1.807) is 18.2 Å². The van der Waals surface area contributed by atoms with E-state index in [0.717, 1.165) is 5.56 Å². The quantitative estimate of drug-likeness (QED) is 0.650. The maximum absolute atomic E-state index is 12.7. The first kappa shape index (κ1) is 17.0. The average Bonchev–Trinajstić information content (AvgIpc) is 3.22. The summed E-state index contributed by atoms with van der Waals surface area (Å²) in [6, 6.07) is 12.4. The van der Waals surface area contributed by atoms with Crippen LogP contribution in [0, 0.1) is 0 Å². The molecular formula is C20H18N2O5. The molecule has 0 aliphatic carbocycles. The molecule has 2 aliphatic heterocycles.